The van der Waals surface area contributed by atoms with Crippen molar-refractivity contribution in [3.05, 3.63) is 40.9 Å². The van der Waals surface area contributed by atoms with Crippen molar-refractivity contribution in [1.82, 2.24) is 4.31 Å². The SMILES string of the molecule is CC(C)N(C)S(=O)(=O)Nc1ccc2cc(Br)ccc2c1. The summed E-state index contributed by atoms with van der Waals surface area (Å²) in [6.07, 6.45) is 0. The lowest BCUT2D eigenvalue weighted by Crippen LogP contribution is -2.37. The molecule has 4 nitrogen and oxygen atoms in total. The fraction of sp³-hybridized carbons (Fsp3) is 0.286. The van der Waals surface area contributed by atoms with Crippen LogP contribution in [0.2, 0.25) is 0 Å². The average Bonchev–Trinajstić information content (AvgIpc) is 2.37. The first kappa shape index (κ1) is 15.3. The summed E-state index contributed by atoms with van der Waals surface area (Å²) in [7, 11) is -1.95. The minimum atomic E-state index is -3.52. The van der Waals surface area contributed by atoms with Crippen LogP contribution < -0.4 is 4.72 Å². The number of rotatable bonds is 4. The van der Waals surface area contributed by atoms with Gasteiger partial charge in [-0.05, 0) is 48.9 Å². The molecule has 108 valence electrons. The summed E-state index contributed by atoms with van der Waals surface area (Å²) in [5.74, 6) is 0. The van der Waals surface area contributed by atoms with Gasteiger partial charge in [0.25, 0.3) is 0 Å². The van der Waals surface area contributed by atoms with Gasteiger partial charge in [-0.25, -0.2) is 0 Å². The third-order valence-corrected chi connectivity index (χ3v) is 5.32. The number of hydrogen-bond acceptors (Lipinski definition) is 2. The summed E-state index contributed by atoms with van der Waals surface area (Å²) in [5.41, 5.74) is 0.562. The number of benzene rings is 2. The van der Waals surface area contributed by atoms with Gasteiger partial charge >= 0.3 is 10.2 Å². The Morgan fingerprint density at radius 1 is 1.10 bits per heavy atom. The third kappa shape index (κ3) is 3.31. The molecule has 2 aromatic carbocycles. The fourth-order valence-electron chi connectivity index (χ4n) is 1.78. The molecule has 0 unspecified atom stereocenters. The summed E-state index contributed by atoms with van der Waals surface area (Å²) in [5, 5.41) is 2.04. The Kier molecular flexibility index (Phi) is 4.36. The first-order valence-electron chi connectivity index (χ1n) is 6.25. The van der Waals surface area contributed by atoms with Crippen molar-refractivity contribution in [2.45, 2.75) is 19.9 Å². The molecule has 0 aliphatic rings. The molecule has 0 spiro atoms. The summed E-state index contributed by atoms with van der Waals surface area (Å²) < 4.78 is 29.2. The highest BCUT2D eigenvalue weighted by atomic mass is 79.9. The molecule has 2 aromatic rings. The van der Waals surface area contributed by atoms with Gasteiger partial charge in [0.15, 0.2) is 0 Å². The van der Waals surface area contributed by atoms with Gasteiger partial charge in [0.2, 0.25) is 0 Å². The second kappa shape index (κ2) is 5.71. The summed E-state index contributed by atoms with van der Waals surface area (Å²) in [6, 6.07) is 11.3. The predicted octanol–water partition coefficient (Wildman–Crippen LogP) is 3.60. The number of hydrogen-bond donors (Lipinski definition) is 1. The molecular weight excluding hydrogens is 340 g/mol. The highest BCUT2D eigenvalue weighted by Gasteiger charge is 2.20. The maximum absolute atomic E-state index is 12.1. The summed E-state index contributed by atoms with van der Waals surface area (Å²) in [4.78, 5) is 0. The molecule has 0 aliphatic carbocycles. The third-order valence-electron chi connectivity index (χ3n) is 3.16. The standard InChI is InChI=1S/C14H17BrN2O2S/c1-10(2)17(3)20(18,19)16-14-7-5-11-8-13(15)6-4-12(11)9-14/h4-10,16H,1-3H3. The van der Waals surface area contributed by atoms with Gasteiger partial charge in [-0.1, -0.05) is 28.1 Å². The molecule has 0 amide bonds. The molecule has 0 heterocycles. The minimum Gasteiger partial charge on any atom is -0.271 e. The summed E-state index contributed by atoms with van der Waals surface area (Å²) in [6.45, 7) is 3.66. The van der Waals surface area contributed by atoms with E-state index in [2.05, 4.69) is 20.7 Å². The number of nitrogens with zero attached hydrogens (tertiary/aromatic N) is 1. The summed E-state index contributed by atoms with van der Waals surface area (Å²) >= 11 is 3.42. The number of fused-ring (bicyclic) bond motifs is 1. The molecule has 1 N–H and O–H groups in total. The van der Waals surface area contributed by atoms with Crippen LogP contribution in [0.5, 0.6) is 0 Å². The van der Waals surface area contributed by atoms with E-state index in [0.717, 1.165) is 15.2 Å². The number of anilines is 1. The van der Waals surface area contributed by atoms with Crippen LogP contribution >= 0.6 is 15.9 Å². The quantitative estimate of drug-likeness (QED) is 0.909. The van der Waals surface area contributed by atoms with Crippen LogP contribution in [0.1, 0.15) is 13.8 Å². The van der Waals surface area contributed by atoms with Crippen molar-refractivity contribution >= 4 is 42.6 Å². The average molecular weight is 357 g/mol. The Balaban J connectivity index is 2.33. The van der Waals surface area contributed by atoms with E-state index in [4.69, 9.17) is 0 Å². The molecule has 20 heavy (non-hydrogen) atoms. The van der Waals surface area contributed by atoms with Gasteiger partial charge in [0.1, 0.15) is 0 Å². The van der Waals surface area contributed by atoms with Crippen molar-refractivity contribution in [2.24, 2.45) is 0 Å². The van der Waals surface area contributed by atoms with Gasteiger partial charge in [0, 0.05) is 17.6 Å². The molecule has 0 atom stereocenters. The Morgan fingerprint density at radius 2 is 1.70 bits per heavy atom. The molecule has 0 saturated carbocycles. The van der Waals surface area contributed by atoms with E-state index in [1.807, 2.05) is 44.2 Å². The lowest BCUT2D eigenvalue weighted by atomic mass is 10.1. The van der Waals surface area contributed by atoms with E-state index in [1.54, 1.807) is 13.1 Å². The largest absolute Gasteiger partial charge is 0.301 e. The second-order valence-corrected chi connectivity index (χ2v) is 7.57. The van der Waals surface area contributed by atoms with Crippen LogP contribution in [0.15, 0.2) is 40.9 Å². The highest BCUT2D eigenvalue weighted by Crippen LogP contribution is 2.23. The van der Waals surface area contributed by atoms with Gasteiger partial charge < -0.3 is 0 Å². The van der Waals surface area contributed by atoms with E-state index in [-0.39, 0.29) is 6.04 Å². The molecule has 2 rings (SSSR count). The molecule has 0 aliphatic heterocycles. The van der Waals surface area contributed by atoms with E-state index in [0.29, 0.717) is 5.69 Å². The molecule has 0 bridgehead atoms. The Hall–Kier alpha value is -1.11. The Bertz CT molecular complexity index is 729. The van der Waals surface area contributed by atoms with Crippen LogP contribution in [-0.4, -0.2) is 25.8 Å². The van der Waals surface area contributed by atoms with Crippen LogP contribution in [0.4, 0.5) is 5.69 Å². The Morgan fingerprint density at radius 3 is 2.35 bits per heavy atom. The zero-order chi connectivity index (χ0) is 14.9. The van der Waals surface area contributed by atoms with Gasteiger partial charge in [-0.15, -0.1) is 0 Å². The van der Waals surface area contributed by atoms with Crippen LogP contribution in [0, 0.1) is 0 Å². The van der Waals surface area contributed by atoms with Crippen LogP contribution in [-0.2, 0) is 10.2 Å². The van der Waals surface area contributed by atoms with Crippen molar-refractivity contribution in [2.75, 3.05) is 11.8 Å². The smallest absolute Gasteiger partial charge is 0.271 e. The van der Waals surface area contributed by atoms with Crippen molar-refractivity contribution < 1.29 is 8.42 Å². The fourth-order valence-corrected chi connectivity index (χ4v) is 3.28. The van der Waals surface area contributed by atoms with Gasteiger partial charge in [-0.3, -0.25) is 4.72 Å². The first-order valence-corrected chi connectivity index (χ1v) is 8.48. The number of nitrogens with one attached hydrogen (secondary N) is 1. The normalized spacial score (nSPS) is 12.3. The van der Waals surface area contributed by atoms with E-state index in [9.17, 15) is 8.42 Å². The zero-order valence-corrected chi connectivity index (χ0v) is 14.0. The monoisotopic (exact) mass is 356 g/mol. The van der Waals surface area contributed by atoms with E-state index >= 15 is 0 Å². The van der Waals surface area contributed by atoms with Gasteiger partial charge in [0.05, 0.1) is 5.69 Å². The van der Waals surface area contributed by atoms with E-state index < -0.39 is 10.2 Å². The zero-order valence-electron chi connectivity index (χ0n) is 11.6. The van der Waals surface area contributed by atoms with E-state index in [1.165, 1.54) is 4.31 Å². The van der Waals surface area contributed by atoms with Gasteiger partial charge in [-0.2, -0.15) is 12.7 Å². The van der Waals surface area contributed by atoms with Crippen LogP contribution in [0.3, 0.4) is 0 Å². The number of halogens is 1. The molecule has 0 saturated heterocycles. The minimum absolute atomic E-state index is 0.0936. The molecule has 0 fully saturated rings. The lowest BCUT2D eigenvalue weighted by Gasteiger charge is -2.21. The highest BCUT2D eigenvalue weighted by molar-refractivity contribution is 9.10. The predicted molar refractivity (Wildman–Crippen MR) is 87.1 cm³/mol. The lowest BCUT2D eigenvalue weighted by molar-refractivity contribution is 0.414. The maximum atomic E-state index is 12.1. The van der Waals surface area contributed by atoms with Crippen molar-refractivity contribution in [3.63, 3.8) is 0 Å². The second-order valence-electron chi connectivity index (χ2n) is 4.92. The first-order chi connectivity index (χ1) is 9.29. The van der Waals surface area contributed by atoms with Crippen molar-refractivity contribution in [3.8, 4) is 0 Å². The van der Waals surface area contributed by atoms with Crippen molar-refractivity contribution in [1.29, 1.82) is 0 Å². The molecule has 6 heteroatoms. The topological polar surface area (TPSA) is 49.4 Å². The maximum Gasteiger partial charge on any atom is 0.301 e. The molecule has 0 radical (unpaired) electrons. The molecule has 0 aromatic heterocycles. The van der Waals surface area contributed by atoms with Crippen LogP contribution in [0.25, 0.3) is 10.8 Å². The Labute approximate surface area is 128 Å². The molecular formula is C14H17BrN2O2S.